The van der Waals surface area contributed by atoms with Crippen LogP contribution in [0.4, 0.5) is 0 Å². The molecule has 20 rings (SSSR count). The summed E-state index contributed by atoms with van der Waals surface area (Å²) in [4.78, 5) is 20.7. The Labute approximate surface area is 543 Å². The van der Waals surface area contributed by atoms with Crippen molar-refractivity contribution < 1.29 is 0 Å². The summed E-state index contributed by atoms with van der Waals surface area (Å²) in [7, 11) is 0. The van der Waals surface area contributed by atoms with Crippen LogP contribution in [-0.2, 0) is 10.8 Å². The molecule has 0 amide bonds. The van der Waals surface area contributed by atoms with E-state index in [1.54, 1.807) is 0 Å². The Kier molecular flexibility index (Phi) is 10.9. The van der Waals surface area contributed by atoms with Gasteiger partial charge in [-0.3, -0.25) is 9.97 Å². The molecule has 14 aromatic carbocycles. The molecule has 0 spiro atoms. The van der Waals surface area contributed by atoms with Gasteiger partial charge in [0.25, 0.3) is 0 Å². The summed E-state index contributed by atoms with van der Waals surface area (Å²) in [6.45, 7) is 9.47. The van der Waals surface area contributed by atoms with Crippen LogP contribution in [-0.4, -0.2) is 19.9 Å². The number of fused-ring (bicyclic) bond motifs is 24. The van der Waals surface area contributed by atoms with Crippen LogP contribution in [0.1, 0.15) is 49.9 Å². The molecule has 4 aromatic heterocycles. The predicted octanol–water partition coefficient (Wildman–Crippen LogP) is 23.7. The van der Waals surface area contributed by atoms with E-state index in [2.05, 4.69) is 289 Å². The predicted molar refractivity (Wildman–Crippen MR) is 395 cm³/mol. The number of aromatic nitrogens is 4. The number of hydrogen-bond donors (Lipinski definition) is 0. The molecule has 438 valence electrons. The second kappa shape index (κ2) is 19.4. The fraction of sp³-hybridized carbons (Fsp3) is 0.0667. The van der Waals surface area contributed by atoms with E-state index < -0.39 is 0 Å². The van der Waals surface area contributed by atoms with Gasteiger partial charge in [-0.05, 0) is 203 Å². The average Bonchev–Trinajstić information content (AvgIpc) is 1.25. The lowest BCUT2D eigenvalue weighted by molar-refractivity contribution is 0.660. The van der Waals surface area contributed by atoms with E-state index >= 15 is 0 Å². The van der Waals surface area contributed by atoms with Crippen LogP contribution in [0.5, 0.6) is 0 Å². The minimum atomic E-state index is -0.236. The van der Waals surface area contributed by atoms with Crippen LogP contribution in [0.25, 0.3) is 186 Å². The molecule has 0 saturated carbocycles. The van der Waals surface area contributed by atoms with E-state index in [4.69, 9.17) is 19.9 Å². The molecule has 0 saturated heterocycles. The Morgan fingerprint density at radius 3 is 1.44 bits per heavy atom. The van der Waals surface area contributed by atoms with E-state index in [0.717, 1.165) is 71.7 Å². The highest BCUT2D eigenvalue weighted by molar-refractivity contribution is 6.30. The number of hydrogen-bond acceptors (Lipinski definition) is 4. The smallest absolute Gasteiger partial charge is 0.0972 e. The summed E-state index contributed by atoms with van der Waals surface area (Å²) in [5.74, 6) is 0. The Bertz CT molecular complexity index is 6360. The molecule has 4 heterocycles. The van der Waals surface area contributed by atoms with Crippen LogP contribution in [0.15, 0.2) is 279 Å². The van der Waals surface area contributed by atoms with E-state index in [1.807, 2.05) is 18.5 Å². The molecule has 18 aromatic rings. The van der Waals surface area contributed by atoms with Gasteiger partial charge in [0.1, 0.15) is 0 Å². The first kappa shape index (κ1) is 53.0. The molecule has 4 heteroatoms. The van der Waals surface area contributed by atoms with Crippen LogP contribution >= 0.6 is 0 Å². The SMILES string of the molecule is CC1(C)c2ccc(-c3ccc4c(c3)c3ccccc3c3c(-c5cc6ccc(-c7ccc8c(c7)C(C)(C)c7cccc(-c9ccc%10c%11ccccc%11c%11ccccc%11c%10c9)c7-8)nc6c6ncccc56)cccc43)cc2-c2ccc(-c3ccc4ccc5cccnc5c4n3)cc21. The fourth-order valence-electron chi connectivity index (χ4n) is 16.9. The quantitative estimate of drug-likeness (QED) is 0.161. The lowest BCUT2D eigenvalue weighted by atomic mass is 9.81. The molecule has 0 atom stereocenters. The topological polar surface area (TPSA) is 51.6 Å². The number of nitrogens with zero attached hydrogens (tertiary/aromatic N) is 4. The van der Waals surface area contributed by atoms with E-state index in [-0.39, 0.29) is 10.8 Å². The molecule has 0 bridgehead atoms. The highest BCUT2D eigenvalue weighted by Gasteiger charge is 2.38. The third-order valence-corrected chi connectivity index (χ3v) is 21.5. The first-order valence-corrected chi connectivity index (χ1v) is 32.7. The van der Waals surface area contributed by atoms with Crippen LogP contribution < -0.4 is 0 Å². The maximum atomic E-state index is 5.56. The van der Waals surface area contributed by atoms with Crippen LogP contribution in [0.3, 0.4) is 0 Å². The standard InChI is InChI=1S/C90H58N4/c1-89(2)77-40-33-54(46-76(77)67-38-31-56(49-79(67)89)81-41-34-52-28-27-51-15-13-43-91-85(51)86(52)93-81)53-29-36-66-69-23-11-24-70(83(69)68-21-10-9-20-64(68)73(66)45-53)75-48-58-35-42-82(94-87(58)88-71(75)25-14-44-92-88)57-32-39-72-80(50-57)90(3,4)78-26-12-22-59(84(72)78)55-30-37-65-62-18-6-5-16-60(62)61-17-7-8-19-63(61)74(65)47-55/h5-50H,1-4H3. The molecule has 94 heavy (non-hydrogen) atoms. The van der Waals surface area contributed by atoms with Crippen molar-refractivity contribution >= 4 is 108 Å². The Morgan fingerprint density at radius 1 is 0.234 bits per heavy atom. The number of benzene rings is 14. The average molecular weight is 1200 g/mol. The molecule has 0 fully saturated rings. The lowest BCUT2D eigenvalue weighted by Crippen LogP contribution is -2.15. The number of pyridine rings is 4. The Morgan fingerprint density at radius 2 is 0.713 bits per heavy atom. The first-order chi connectivity index (χ1) is 46.1. The van der Waals surface area contributed by atoms with Gasteiger partial charge in [-0.2, -0.15) is 0 Å². The summed E-state index contributed by atoms with van der Waals surface area (Å²) >= 11 is 0. The highest BCUT2D eigenvalue weighted by atomic mass is 14.8. The summed E-state index contributed by atoms with van der Waals surface area (Å²) in [5.41, 5.74) is 25.0. The van der Waals surface area contributed by atoms with Crippen molar-refractivity contribution in [3.63, 3.8) is 0 Å². The van der Waals surface area contributed by atoms with Gasteiger partial charge in [-0.1, -0.05) is 234 Å². The first-order valence-electron chi connectivity index (χ1n) is 32.7. The third-order valence-electron chi connectivity index (χ3n) is 21.5. The summed E-state index contributed by atoms with van der Waals surface area (Å²) in [6.07, 6.45) is 3.77. The van der Waals surface area contributed by atoms with Crippen molar-refractivity contribution in [2.45, 2.75) is 38.5 Å². The van der Waals surface area contributed by atoms with Gasteiger partial charge in [0.2, 0.25) is 0 Å². The summed E-state index contributed by atoms with van der Waals surface area (Å²) in [5, 5.41) is 19.4. The zero-order chi connectivity index (χ0) is 62.3. The largest absolute Gasteiger partial charge is 0.254 e. The maximum absolute atomic E-state index is 5.56. The van der Waals surface area contributed by atoms with Crippen LogP contribution in [0, 0.1) is 0 Å². The molecule has 2 aliphatic carbocycles. The molecule has 0 aliphatic heterocycles. The van der Waals surface area contributed by atoms with Gasteiger partial charge in [-0.15, -0.1) is 0 Å². The van der Waals surface area contributed by atoms with Crippen molar-refractivity contribution in [2.24, 2.45) is 0 Å². The fourth-order valence-corrected chi connectivity index (χ4v) is 16.9. The van der Waals surface area contributed by atoms with Gasteiger partial charge in [-0.25, -0.2) is 9.97 Å². The van der Waals surface area contributed by atoms with E-state index in [0.29, 0.717) is 0 Å². The second-order valence-electron chi connectivity index (χ2n) is 27.1. The minimum Gasteiger partial charge on any atom is -0.254 e. The van der Waals surface area contributed by atoms with Crippen molar-refractivity contribution in [3.05, 3.63) is 302 Å². The zero-order valence-corrected chi connectivity index (χ0v) is 52.3. The number of rotatable bonds is 5. The molecule has 4 nitrogen and oxygen atoms in total. The second-order valence-corrected chi connectivity index (χ2v) is 27.1. The van der Waals surface area contributed by atoms with E-state index in [9.17, 15) is 0 Å². The minimum absolute atomic E-state index is 0.193. The van der Waals surface area contributed by atoms with Crippen molar-refractivity contribution in [3.8, 4) is 78.1 Å². The highest BCUT2D eigenvalue weighted by Crippen LogP contribution is 2.55. The molecule has 2 aliphatic rings. The molecule has 0 radical (unpaired) electrons. The summed E-state index contributed by atoms with van der Waals surface area (Å²) in [6, 6.07) is 99.4. The van der Waals surface area contributed by atoms with Gasteiger partial charge in [0, 0.05) is 55.9 Å². The summed E-state index contributed by atoms with van der Waals surface area (Å²) < 4.78 is 0. The van der Waals surface area contributed by atoms with Crippen molar-refractivity contribution in [1.29, 1.82) is 0 Å². The molecule has 0 unspecified atom stereocenters. The van der Waals surface area contributed by atoms with Crippen LogP contribution in [0.2, 0.25) is 0 Å². The van der Waals surface area contributed by atoms with Crippen molar-refractivity contribution in [1.82, 2.24) is 19.9 Å². The maximum Gasteiger partial charge on any atom is 0.0972 e. The van der Waals surface area contributed by atoms with Gasteiger partial charge >= 0.3 is 0 Å². The van der Waals surface area contributed by atoms with Gasteiger partial charge < -0.3 is 0 Å². The van der Waals surface area contributed by atoms with Crippen molar-refractivity contribution in [2.75, 3.05) is 0 Å². The Hall–Kier alpha value is -11.7. The van der Waals surface area contributed by atoms with E-state index in [1.165, 1.54) is 137 Å². The molecule has 0 N–H and O–H groups in total. The lowest BCUT2D eigenvalue weighted by Gasteiger charge is -2.22. The normalized spacial score (nSPS) is 13.7. The monoisotopic (exact) mass is 1190 g/mol. The molecular weight excluding hydrogens is 1140 g/mol. The molecular formula is C90H58N4. The Balaban J connectivity index is 0.660. The van der Waals surface area contributed by atoms with Gasteiger partial charge in [0.05, 0.1) is 33.5 Å². The zero-order valence-electron chi connectivity index (χ0n) is 52.3. The third kappa shape index (κ3) is 7.51. The van der Waals surface area contributed by atoms with Gasteiger partial charge in [0.15, 0.2) is 0 Å².